The molecule has 0 aromatic heterocycles. The quantitative estimate of drug-likeness (QED) is 0.362. The Balaban J connectivity index is 0. The zero-order chi connectivity index (χ0) is 16.0. The van der Waals surface area contributed by atoms with Crippen LogP contribution >= 0.6 is 0 Å². The van der Waals surface area contributed by atoms with Gasteiger partial charge in [-0.25, -0.2) is 0 Å². The van der Waals surface area contributed by atoms with Crippen molar-refractivity contribution < 1.29 is 0 Å². The SMILES string of the molecule is C=C/C(C)=C/CC=C(C)C.C=C/C(C)=C/CC=C(C)C. The third-order valence-electron chi connectivity index (χ3n) is 2.58. The minimum Gasteiger partial charge on any atom is -0.0988 e. The Labute approximate surface area is 127 Å². The number of hydrogen-bond acceptors (Lipinski definition) is 0. The first-order valence-electron chi connectivity index (χ1n) is 7.18. The zero-order valence-corrected chi connectivity index (χ0v) is 14.3. The molecule has 0 heterocycles. The van der Waals surface area contributed by atoms with Crippen molar-refractivity contribution in [2.45, 2.75) is 54.4 Å². The van der Waals surface area contributed by atoms with Gasteiger partial charge in [-0.1, -0.05) is 71.9 Å². The summed E-state index contributed by atoms with van der Waals surface area (Å²) in [5.41, 5.74) is 5.23. The molecule has 0 aliphatic carbocycles. The molecule has 0 saturated carbocycles. The highest BCUT2D eigenvalue weighted by Gasteiger charge is 1.78. The van der Waals surface area contributed by atoms with Crippen molar-refractivity contribution in [3.63, 3.8) is 0 Å². The monoisotopic (exact) mass is 272 g/mol. The number of allylic oxidation sites excluding steroid dienone is 10. The van der Waals surface area contributed by atoms with E-state index in [-0.39, 0.29) is 0 Å². The molecule has 0 heteroatoms. The van der Waals surface area contributed by atoms with Gasteiger partial charge in [0.25, 0.3) is 0 Å². The summed E-state index contributed by atoms with van der Waals surface area (Å²) in [7, 11) is 0. The minimum atomic E-state index is 1.03. The van der Waals surface area contributed by atoms with Gasteiger partial charge in [0.1, 0.15) is 0 Å². The summed E-state index contributed by atoms with van der Waals surface area (Å²) in [5, 5.41) is 0. The predicted octanol–water partition coefficient (Wildman–Crippen LogP) is 6.95. The fourth-order valence-electron chi connectivity index (χ4n) is 1.13. The lowest BCUT2D eigenvalue weighted by molar-refractivity contribution is 1.26. The lowest BCUT2D eigenvalue weighted by Crippen LogP contribution is -1.68. The van der Waals surface area contributed by atoms with Gasteiger partial charge in [-0.15, -0.1) is 0 Å². The van der Waals surface area contributed by atoms with Crippen LogP contribution in [0.2, 0.25) is 0 Å². The molecule has 0 atom stereocenters. The topological polar surface area (TPSA) is 0 Å². The van der Waals surface area contributed by atoms with E-state index in [2.05, 4.69) is 79.0 Å². The normalized spacial score (nSPS) is 10.9. The highest BCUT2D eigenvalue weighted by molar-refractivity contribution is 5.15. The standard InChI is InChI=1S/2C10H16/c2*1-5-10(4)8-6-7-9(2)3/h2*5,7-8H,1,6H2,2-4H3/b2*10-8+. The van der Waals surface area contributed by atoms with Crippen molar-refractivity contribution in [1.29, 1.82) is 0 Å². The molecule has 0 unspecified atom stereocenters. The molecule has 0 saturated heterocycles. The maximum Gasteiger partial charge on any atom is -0.0161 e. The summed E-state index contributed by atoms with van der Waals surface area (Å²) in [6, 6.07) is 0. The Bertz CT molecular complexity index is 350. The first kappa shape index (κ1) is 20.8. The first-order valence-corrected chi connectivity index (χ1v) is 7.18. The van der Waals surface area contributed by atoms with Crippen LogP contribution in [0.1, 0.15) is 54.4 Å². The Kier molecular flexibility index (Phi) is 14.4. The van der Waals surface area contributed by atoms with Crippen molar-refractivity contribution in [2.24, 2.45) is 0 Å². The zero-order valence-electron chi connectivity index (χ0n) is 14.3. The summed E-state index contributed by atoms with van der Waals surface area (Å²) in [6.45, 7) is 19.9. The van der Waals surface area contributed by atoms with E-state index in [0.717, 1.165) is 12.8 Å². The molecule has 0 spiro atoms. The molecule has 0 nitrogen and oxygen atoms in total. The summed E-state index contributed by atoms with van der Waals surface area (Å²) >= 11 is 0. The van der Waals surface area contributed by atoms with Crippen LogP contribution in [0.3, 0.4) is 0 Å². The van der Waals surface area contributed by atoms with Gasteiger partial charge in [0.2, 0.25) is 0 Å². The lowest BCUT2D eigenvalue weighted by Gasteiger charge is -1.89. The van der Waals surface area contributed by atoms with Crippen LogP contribution in [-0.2, 0) is 0 Å². The molecule has 0 aromatic carbocycles. The predicted molar refractivity (Wildman–Crippen MR) is 96.0 cm³/mol. The van der Waals surface area contributed by atoms with Crippen LogP contribution in [0, 0.1) is 0 Å². The van der Waals surface area contributed by atoms with E-state index in [0.29, 0.717) is 0 Å². The van der Waals surface area contributed by atoms with Gasteiger partial charge < -0.3 is 0 Å². The second-order valence-corrected chi connectivity index (χ2v) is 5.34. The molecule has 20 heavy (non-hydrogen) atoms. The van der Waals surface area contributed by atoms with E-state index in [1.165, 1.54) is 22.3 Å². The summed E-state index contributed by atoms with van der Waals surface area (Å²) in [5.74, 6) is 0. The third kappa shape index (κ3) is 18.8. The molecule has 0 bridgehead atoms. The Hall–Kier alpha value is -1.56. The van der Waals surface area contributed by atoms with Crippen molar-refractivity contribution in [1.82, 2.24) is 0 Å². The number of hydrogen-bond donors (Lipinski definition) is 0. The highest BCUT2D eigenvalue weighted by atomic mass is 13.9. The average Bonchev–Trinajstić information content (AvgIpc) is 2.38. The van der Waals surface area contributed by atoms with E-state index >= 15 is 0 Å². The van der Waals surface area contributed by atoms with Gasteiger partial charge in [0.15, 0.2) is 0 Å². The van der Waals surface area contributed by atoms with Gasteiger partial charge in [0, 0.05) is 0 Å². The molecule has 0 aliphatic heterocycles. The molecule has 0 aliphatic rings. The molecule has 0 radical (unpaired) electrons. The minimum absolute atomic E-state index is 1.03. The summed E-state index contributed by atoms with van der Waals surface area (Å²) in [4.78, 5) is 0. The lowest BCUT2D eigenvalue weighted by atomic mass is 10.2. The fourth-order valence-corrected chi connectivity index (χ4v) is 1.13. The van der Waals surface area contributed by atoms with Crippen molar-refractivity contribution in [3.05, 3.63) is 71.9 Å². The van der Waals surface area contributed by atoms with Crippen molar-refractivity contribution >= 4 is 0 Å². The van der Waals surface area contributed by atoms with Crippen LogP contribution in [0.25, 0.3) is 0 Å². The fraction of sp³-hybridized carbons (Fsp3) is 0.400. The van der Waals surface area contributed by atoms with Crippen LogP contribution in [0.5, 0.6) is 0 Å². The highest BCUT2D eigenvalue weighted by Crippen LogP contribution is 1.99. The smallest absolute Gasteiger partial charge is 0.0161 e. The van der Waals surface area contributed by atoms with E-state index in [9.17, 15) is 0 Å². The van der Waals surface area contributed by atoms with Gasteiger partial charge in [0.05, 0.1) is 0 Å². The van der Waals surface area contributed by atoms with E-state index in [4.69, 9.17) is 0 Å². The van der Waals surface area contributed by atoms with Gasteiger partial charge in [-0.2, -0.15) is 0 Å². The van der Waals surface area contributed by atoms with E-state index < -0.39 is 0 Å². The molecule has 0 amide bonds. The molecule has 0 rings (SSSR count). The Morgan fingerprint density at radius 2 is 0.900 bits per heavy atom. The van der Waals surface area contributed by atoms with Crippen LogP contribution in [0.15, 0.2) is 71.9 Å². The second kappa shape index (κ2) is 13.9. The first-order chi connectivity index (χ1) is 9.33. The van der Waals surface area contributed by atoms with Crippen molar-refractivity contribution in [3.8, 4) is 0 Å². The average molecular weight is 272 g/mol. The maximum absolute atomic E-state index is 3.67. The summed E-state index contributed by atoms with van der Waals surface area (Å²) in [6.07, 6.45) is 14.5. The van der Waals surface area contributed by atoms with Gasteiger partial charge in [-0.05, 0) is 54.4 Å². The molecule has 0 aromatic rings. The van der Waals surface area contributed by atoms with Crippen molar-refractivity contribution in [2.75, 3.05) is 0 Å². The van der Waals surface area contributed by atoms with Gasteiger partial charge >= 0.3 is 0 Å². The van der Waals surface area contributed by atoms with E-state index in [1.54, 1.807) is 0 Å². The second-order valence-electron chi connectivity index (χ2n) is 5.34. The number of rotatable bonds is 6. The largest absolute Gasteiger partial charge is 0.0988 e. The molecular formula is C20H32. The molecule has 0 N–H and O–H groups in total. The van der Waals surface area contributed by atoms with Crippen LogP contribution in [-0.4, -0.2) is 0 Å². The van der Waals surface area contributed by atoms with E-state index in [1.807, 2.05) is 12.2 Å². The molecular weight excluding hydrogens is 240 g/mol. The maximum atomic E-state index is 3.67. The third-order valence-corrected chi connectivity index (χ3v) is 2.58. The Morgan fingerprint density at radius 3 is 1.10 bits per heavy atom. The molecule has 112 valence electrons. The van der Waals surface area contributed by atoms with Crippen LogP contribution < -0.4 is 0 Å². The van der Waals surface area contributed by atoms with Gasteiger partial charge in [-0.3, -0.25) is 0 Å². The Morgan fingerprint density at radius 1 is 0.600 bits per heavy atom. The summed E-state index contributed by atoms with van der Waals surface area (Å²) < 4.78 is 0. The van der Waals surface area contributed by atoms with Crippen LogP contribution in [0.4, 0.5) is 0 Å². The molecule has 0 fully saturated rings.